The van der Waals surface area contributed by atoms with Crippen LogP contribution in [0.15, 0.2) is 34.9 Å². The van der Waals surface area contributed by atoms with Crippen molar-refractivity contribution in [1.29, 1.82) is 0 Å². The van der Waals surface area contributed by atoms with Crippen LogP contribution in [0.3, 0.4) is 0 Å². The average molecular weight is 369 g/mol. The fourth-order valence-corrected chi connectivity index (χ4v) is 3.75. The topological polar surface area (TPSA) is 75.4 Å². The quantitative estimate of drug-likeness (QED) is 0.879. The standard InChI is InChI=1S/C21H27N3O3/c1-4-22-20(26)21(10-5-11-24(14-21)16(3)25)13-18-12-19(23-27-18)17-8-6-15(2)7-9-17/h6-9,12H,4-5,10-11,13-14H2,1-3H3,(H,22,26)/t21-/m0/s1. The van der Waals surface area contributed by atoms with E-state index in [0.717, 1.165) is 24.1 Å². The predicted octanol–water partition coefficient (Wildman–Crippen LogP) is 2.96. The maximum atomic E-state index is 12.9. The number of hydrogen-bond acceptors (Lipinski definition) is 4. The number of rotatable bonds is 5. The summed E-state index contributed by atoms with van der Waals surface area (Å²) < 4.78 is 5.57. The molecule has 0 bridgehead atoms. The van der Waals surface area contributed by atoms with Gasteiger partial charge in [0.25, 0.3) is 0 Å². The number of carbonyl (C=O) groups excluding carboxylic acids is 2. The summed E-state index contributed by atoms with van der Waals surface area (Å²) in [6.45, 7) is 7.17. The summed E-state index contributed by atoms with van der Waals surface area (Å²) in [6, 6.07) is 9.99. The van der Waals surface area contributed by atoms with E-state index in [1.54, 1.807) is 11.8 Å². The van der Waals surface area contributed by atoms with Gasteiger partial charge in [0.2, 0.25) is 11.8 Å². The molecule has 1 fully saturated rings. The van der Waals surface area contributed by atoms with Gasteiger partial charge >= 0.3 is 0 Å². The summed E-state index contributed by atoms with van der Waals surface area (Å²) in [6.07, 6.45) is 1.96. The summed E-state index contributed by atoms with van der Waals surface area (Å²) >= 11 is 0. The van der Waals surface area contributed by atoms with E-state index >= 15 is 0 Å². The normalized spacial score (nSPS) is 19.7. The lowest BCUT2D eigenvalue weighted by atomic mass is 9.75. The molecule has 3 rings (SSSR count). The highest BCUT2D eigenvalue weighted by Crippen LogP contribution is 2.35. The lowest BCUT2D eigenvalue weighted by Crippen LogP contribution is -2.54. The predicted molar refractivity (Wildman–Crippen MR) is 103 cm³/mol. The lowest BCUT2D eigenvalue weighted by Gasteiger charge is -2.40. The van der Waals surface area contributed by atoms with E-state index in [1.807, 2.05) is 44.2 Å². The van der Waals surface area contributed by atoms with E-state index in [2.05, 4.69) is 10.5 Å². The molecule has 6 heteroatoms. The van der Waals surface area contributed by atoms with Crippen LogP contribution >= 0.6 is 0 Å². The Hall–Kier alpha value is -2.63. The van der Waals surface area contributed by atoms with Crippen LogP contribution < -0.4 is 5.32 Å². The second kappa shape index (κ2) is 7.94. The zero-order chi connectivity index (χ0) is 19.4. The molecule has 0 saturated carbocycles. The van der Waals surface area contributed by atoms with E-state index in [-0.39, 0.29) is 11.8 Å². The molecule has 27 heavy (non-hydrogen) atoms. The van der Waals surface area contributed by atoms with Crippen molar-refractivity contribution in [1.82, 2.24) is 15.4 Å². The largest absolute Gasteiger partial charge is 0.361 e. The first-order valence-electron chi connectivity index (χ1n) is 9.50. The summed E-state index contributed by atoms with van der Waals surface area (Å²) in [5.41, 5.74) is 2.25. The lowest BCUT2D eigenvalue weighted by molar-refractivity contribution is -0.140. The van der Waals surface area contributed by atoms with Crippen LogP contribution in [0.25, 0.3) is 11.3 Å². The zero-order valence-electron chi connectivity index (χ0n) is 16.2. The van der Waals surface area contributed by atoms with Gasteiger partial charge in [-0.2, -0.15) is 0 Å². The van der Waals surface area contributed by atoms with Crippen LogP contribution in [0.4, 0.5) is 0 Å². The number of aryl methyl sites for hydroxylation is 1. The van der Waals surface area contributed by atoms with Crippen molar-refractivity contribution < 1.29 is 14.1 Å². The highest BCUT2D eigenvalue weighted by molar-refractivity contribution is 5.84. The smallest absolute Gasteiger partial charge is 0.228 e. The second-order valence-electron chi connectivity index (χ2n) is 7.41. The third kappa shape index (κ3) is 4.21. The van der Waals surface area contributed by atoms with Gasteiger partial charge in [0, 0.05) is 44.6 Å². The zero-order valence-corrected chi connectivity index (χ0v) is 16.2. The van der Waals surface area contributed by atoms with Gasteiger partial charge in [-0.25, -0.2) is 0 Å². The van der Waals surface area contributed by atoms with Crippen molar-refractivity contribution in [2.24, 2.45) is 5.41 Å². The number of aromatic nitrogens is 1. The molecular weight excluding hydrogens is 342 g/mol. The van der Waals surface area contributed by atoms with Gasteiger partial charge in [0.1, 0.15) is 11.5 Å². The third-order valence-electron chi connectivity index (χ3n) is 5.26. The minimum atomic E-state index is -0.677. The van der Waals surface area contributed by atoms with E-state index in [9.17, 15) is 9.59 Å². The molecule has 0 spiro atoms. The fraction of sp³-hybridized carbons (Fsp3) is 0.476. The van der Waals surface area contributed by atoms with Crippen molar-refractivity contribution in [2.45, 2.75) is 40.0 Å². The van der Waals surface area contributed by atoms with Crippen molar-refractivity contribution in [2.75, 3.05) is 19.6 Å². The molecule has 1 aliphatic rings. The fourth-order valence-electron chi connectivity index (χ4n) is 3.75. The molecule has 144 valence electrons. The average Bonchev–Trinajstić information content (AvgIpc) is 3.11. The molecule has 1 aromatic carbocycles. The van der Waals surface area contributed by atoms with Gasteiger partial charge < -0.3 is 14.7 Å². The molecule has 0 unspecified atom stereocenters. The molecular formula is C21H27N3O3. The van der Waals surface area contributed by atoms with Gasteiger partial charge in [0.15, 0.2) is 0 Å². The molecule has 1 aromatic heterocycles. The minimum Gasteiger partial charge on any atom is -0.361 e. The van der Waals surface area contributed by atoms with E-state index in [4.69, 9.17) is 4.52 Å². The van der Waals surface area contributed by atoms with Crippen molar-refractivity contribution in [3.63, 3.8) is 0 Å². The summed E-state index contributed by atoms with van der Waals surface area (Å²) in [5, 5.41) is 7.13. The van der Waals surface area contributed by atoms with Crippen molar-refractivity contribution in [3.05, 3.63) is 41.7 Å². The van der Waals surface area contributed by atoms with Crippen LogP contribution in [-0.4, -0.2) is 41.5 Å². The van der Waals surface area contributed by atoms with Crippen LogP contribution in [0.2, 0.25) is 0 Å². The number of nitrogens with one attached hydrogen (secondary N) is 1. The summed E-state index contributed by atoms with van der Waals surface area (Å²) in [7, 11) is 0. The van der Waals surface area contributed by atoms with Crippen LogP contribution in [0.5, 0.6) is 0 Å². The van der Waals surface area contributed by atoms with Crippen LogP contribution in [-0.2, 0) is 16.0 Å². The Kier molecular flexibility index (Phi) is 5.63. The monoisotopic (exact) mass is 369 g/mol. The molecule has 0 aliphatic carbocycles. The molecule has 1 aliphatic heterocycles. The Morgan fingerprint density at radius 2 is 2.04 bits per heavy atom. The van der Waals surface area contributed by atoms with Crippen LogP contribution in [0.1, 0.15) is 38.0 Å². The van der Waals surface area contributed by atoms with Gasteiger partial charge in [-0.3, -0.25) is 9.59 Å². The number of carbonyl (C=O) groups is 2. The van der Waals surface area contributed by atoms with Crippen molar-refractivity contribution in [3.8, 4) is 11.3 Å². The number of piperidine rings is 1. The van der Waals surface area contributed by atoms with Gasteiger partial charge in [0.05, 0.1) is 5.41 Å². The molecule has 1 N–H and O–H groups in total. The number of amides is 2. The van der Waals surface area contributed by atoms with E-state index < -0.39 is 5.41 Å². The SMILES string of the molecule is CCNC(=O)[C@]1(Cc2cc(-c3ccc(C)cc3)no2)CCCN(C(C)=O)C1. The first-order chi connectivity index (χ1) is 12.9. The first-order valence-corrected chi connectivity index (χ1v) is 9.50. The van der Waals surface area contributed by atoms with Crippen molar-refractivity contribution >= 4 is 11.8 Å². The highest BCUT2D eigenvalue weighted by atomic mass is 16.5. The molecule has 1 atom stereocenters. The maximum Gasteiger partial charge on any atom is 0.228 e. The Morgan fingerprint density at radius 3 is 2.70 bits per heavy atom. The molecule has 6 nitrogen and oxygen atoms in total. The van der Waals surface area contributed by atoms with Gasteiger partial charge in [-0.1, -0.05) is 35.0 Å². The Balaban J connectivity index is 1.85. The van der Waals surface area contributed by atoms with Gasteiger partial charge in [-0.05, 0) is 26.7 Å². The molecule has 2 heterocycles. The highest BCUT2D eigenvalue weighted by Gasteiger charge is 2.43. The number of hydrogen-bond donors (Lipinski definition) is 1. The number of likely N-dealkylation sites (tertiary alicyclic amines) is 1. The molecule has 2 aromatic rings. The second-order valence-corrected chi connectivity index (χ2v) is 7.41. The van der Waals surface area contributed by atoms with E-state index in [1.165, 1.54) is 5.56 Å². The maximum absolute atomic E-state index is 12.9. The Bertz CT molecular complexity index is 812. The van der Waals surface area contributed by atoms with Crippen LogP contribution in [0, 0.1) is 12.3 Å². The molecule has 1 saturated heterocycles. The summed E-state index contributed by atoms with van der Waals surface area (Å²) in [4.78, 5) is 26.6. The van der Waals surface area contributed by atoms with Gasteiger partial charge in [-0.15, -0.1) is 0 Å². The molecule has 0 radical (unpaired) electrons. The number of nitrogens with zero attached hydrogens (tertiary/aromatic N) is 2. The molecule has 2 amide bonds. The third-order valence-corrected chi connectivity index (χ3v) is 5.26. The van der Waals surface area contributed by atoms with E-state index in [0.29, 0.717) is 31.8 Å². The Morgan fingerprint density at radius 1 is 1.30 bits per heavy atom. The summed E-state index contributed by atoms with van der Waals surface area (Å²) in [5.74, 6) is 0.646. The Labute approximate surface area is 159 Å². The first kappa shape index (κ1) is 19.1. The minimum absolute atomic E-state index is 0.00119. The number of benzene rings is 1.